The summed E-state index contributed by atoms with van der Waals surface area (Å²) in [6, 6.07) is 54.7. The first-order chi connectivity index (χ1) is 29.8. The zero-order chi connectivity index (χ0) is 41.4. The maximum atomic E-state index is 6.49. The van der Waals surface area contributed by atoms with Gasteiger partial charge >= 0.3 is 0 Å². The standard InChI is InChI=1S/C51H36B5N3O2/c52-43-41(44(53)46(55)47(56)45(43)54)30-22-20-28(21-23-30)27-16-18-29(19-17-27)32-24-25-39-37(26-32)42-35(12-7-15-40(42)60-39)50-57-49(31-8-2-1-3-9-31)58-51(59-50)36-13-6-11-34-33-10-4-5-14-38(33)61-48(34)36/h1-26H,52-56H2. The van der Waals surface area contributed by atoms with Crippen LogP contribution in [0.4, 0.5) is 0 Å². The van der Waals surface area contributed by atoms with Gasteiger partial charge in [0.05, 0.1) is 5.56 Å². The molecule has 0 atom stereocenters. The molecule has 10 heteroatoms. The van der Waals surface area contributed by atoms with E-state index in [0.29, 0.717) is 17.5 Å². The van der Waals surface area contributed by atoms with Crippen LogP contribution >= 0.6 is 0 Å². The minimum atomic E-state index is 0.541. The Hall–Kier alpha value is -7.31. The van der Waals surface area contributed by atoms with E-state index in [2.05, 4.69) is 124 Å². The summed E-state index contributed by atoms with van der Waals surface area (Å²) >= 11 is 0. The van der Waals surface area contributed by atoms with Crippen molar-refractivity contribution in [2.24, 2.45) is 0 Å². The first-order valence-electron chi connectivity index (χ1n) is 20.8. The molecule has 0 amide bonds. The molecule has 0 aliphatic rings. The van der Waals surface area contributed by atoms with Gasteiger partial charge in [0, 0.05) is 32.7 Å². The molecule has 0 unspecified atom stereocenters. The Kier molecular flexibility index (Phi) is 8.71. The van der Waals surface area contributed by atoms with Gasteiger partial charge in [0.1, 0.15) is 61.6 Å². The third-order valence-electron chi connectivity index (χ3n) is 12.8. The van der Waals surface area contributed by atoms with Crippen molar-refractivity contribution in [2.75, 3.05) is 0 Å². The summed E-state index contributed by atoms with van der Waals surface area (Å²) in [5.74, 6) is 1.68. The van der Waals surface area contributed by atoms with Crippen LogP contribution in [0.25, 0.3) is 111 Å². The molecule has 0 spiro atoms. The van der Waals surface area contributed by atoms with E-state index >= 15 is 0 Å². The van der Waals surface area contributed by atoms with Crippen molar-refractivity contribution in [3.8, 4) is 67.5 Å². The Bertz CT molecular complexity index is 3500. The maximum Gasteiger partial charge on any atom is 0.167 e. The summed E-state index contributed by atoms with van der Waals surface area (Å²) in [5, 5.41) is 4.03. The van der Waals surface area contributed by atoms with Crippen LogP contribution in [0.2, 0.25) is 0 Å². The van der Waals surface area contributed by atoms with Gasteiger partial charge in [-0.05, 0) is 63.7 Å². The zero-order valence-corrected chi connectivity index (χ0v) is 34.7. The fraction of sp³-hybridized carbons (Fsp3) is 0. The molecular formula is C51H36B5N3O2. The normalized spacial score (nSPS) is 11.6. The van der Waals surface area contributed by atoms with Crippen LogP contribution in [0.3, 0.4) is 0 Å². The van der Waals surface area contributed by atoms with Gasteiger partial charge in [-0.25, -0.2) is 15.0 Å². The van der Waals surface area contributed by atoms with Gasteiger partial charge in [-0.1, -0.05) is 138 Å². The first kappa shape index (κ1) is 36.8. The van der Waals surface area contributed by atoms with E-state index in [9.17, 15) is 0 Å². The third kappa shape index (κ3) is 6.12. The first-order valence-corrected chi connectivity index (χ1v) is 20.8. The molecule has 0 aliphatic heterocycles. The highest BCUT2D eigenvalue weighted by Crippen LogP contribution is 2.40. The summed E-state index contributed by atoms with van der Waals surface area (Å²) in [6.07, 6.45) is 0. The fourth-order valence-corrected chi connectivity index (χ4v) is 9.07. The quantitative estimate of drug-likeness (QED) is 0.224. The van der Waals surface area contributed by atoms with Crippen LogP contribution in [0.5, 0.6) is 0 Å². The predicted octanol–water partition coefficient (Wildman–Crippen LogP) is 4.96. The number of furan rings is 2. The molecule has 282 valence electrons. The van der Waals surface area contributed by atoms with Crippen molar-refractivity contribution >= 4 is 110 Å². The van der Waals surface area contributed by atoms with Gasteiger partial charge in [0.2, 0.25) is 0 Å². The number of rotatable bonds is 6. The van der Waals surface area contributed by atoms with Gasteiger partial charge in [-0.3, -0.25) is 0 Å². The Morgan fingerprint density at radius 1 is 0.328 bits per heavy atom. The average Bonchev–Trinajstić information content (AvgIpc) is 3.89. The second kappa shape index (κ2) is 14.5. The lowest BCUT2D eigenvalue weighted by Crippen LogP contribution is -2.55. The van der Waals surface area contributed by atoms with Gasteiger partial charge in [0.15, 0.2) is 17.5 Å². The van der Waals surface area contributed by atoms with E-state index in [1.807, 2.05) is 72.8 Å². The summed E-state index contributed by atoms with van der Waals surface area (Å²) in [4.78, 5) is 15.4. The van der Waals surface area contributed by atoms with Crippen molar-refractivity contribution < 1.29 is 8.83 Å². The Balaban J connectivity index is 0.989. The molecule has 0 saturated carbocycles. The molecule has 3 heterocycles. The summed E-state index contributed by atoms with van der Waals surface area (Å²) in [6.45, 7) is 0. The molecule has 11 aromatic rings. The van der Waals surface area contributed by atoms with Crippen molar-refractivity contribution in [1.29, 1.82) is 0 Å². The summed E-state index contributed by atoms with van der Waals surface area (Å²) in [5.41, 5.74) is 19.8. The van der Waals surface area contributed by atoms with Crippen LogP contribution < -0.4 is 27.3 Å². The lowest BCUT2D eigenvalue weighted by Gasteiger charge is -2.20. The molecule has 8 aromatic carbocycles. The largest absolute Gasteiger partial charge is 0.456 e. The number of fused-ring (bicyclic) bond motifs is 6. The van der Waals surface area contributed by atoms with E-state index in [4.69, 9.17) is 23.8 Å². The number of hydrogen-bond acceptors (Lipinski definition) is 5. The van der Waals surface area contributed by atoms with E-state index in [-0.39, 0.29) is 0 Å². The highest BCUT2D eigenvalue weighted by molar-refractivity contribution is 6.68. The molecular weight excluding hydrogens is 741 g/mol. The second-order valence-electron chi connectivity index (χ2n) is 16.1. The van der Waals surface area contributed by atoms with Gasteiger partial charge in [-0.2, -0.15) is 0 Å². The fourth-order valence-electron chi connectivity index (χ4n) is 9.07. The van der Waals surface area contributed by atoms with Crippen LogP contribution in [0.15, 0.2) is 167 Å². The van der Waals surface area contributed by atoms with Crippen molar-refractivity contribution in [3.63, 3.8) is 0 Å². The van der Waals surface area contributed by atoms with Crippen LogP contribution in [0, 0.1) is 0 Å². The third-order valence-corrected chi connectivity index (χ3v) is 12.8. The van der Waals surface area contributed by atoms with Crippen molar-refractivity contribution in [1.82, 2.24) is 15.0 Å². The van der Waals surface area contributed by atoms with Crippen LogP contribution in [-0.4, -0.2) is 54.2 Å². The van der Waals surface area contributed by atoms with Crippen LogP contribution in [0.1, 0.15) is 0 Å². The smallest absolute Gasteiger partial charge is 0.167 e. The van der Waals surface area contributed by atoms with Gasteiger partial charge < -0.3 is 8.83 Å². The van der Waals surface area contributed by atoms with Gasteiger partial charge in [-0.15, -0.1) is 16.4 Å². The molecule has 0 aliphatic carbocycles. The number of benzene rings is 8. The second-order valence-corrected chi connectivity index (χ2v) is 16.1. The summed E-state index contributed by atoms with van der Waals surface area (Å²) in [7, 11) is 11.2. The van der Waals surface area contributed by atoms with Gasteiger partial charge in [0.25, 0.3) is 0 Å². The molecule has 0 N–H and O–H groups in total. The SMILES string of the molecule is Bc1c(B)c(B)c(-c2ccc(-c3ccc(-c4ccc5oc6cccc(-c7nc(-c8ccccc8)nc(-c8cccc9c8oc8ccccc89)n7)c6c5c4)cc3)cc2)c(B)c1B. The predicted molar refractivity (Wildman–Crippen MR) is 268 cm³/mol. The average molecular weight is 777 g/mol. The van der Waals surface area contributed by atoms with E-state index in [0.717, 1.165) is 71.7 Å². The molecule has 11 rings (SSSR count). The monoisotopic (exact) mass is 777 g/mol. The lowest BCUT2D eigenvalue weighted by molar-refractivity contribution is 0.668. The number of aromatic nitrogens is 3. The molecule has 0 radical (unpaired) electrons. The molecule has 5 nitrogen and oxygen atoms in total. The number of para-hydroxylation sites is 2. The molecule has 3 aromatic heterocycles. The molecule has 0 saturated heterocycles. The minimum absolute atomic E-state index is 0.541. The molecule has 0 fully saturated rings. The van der Waals surface area contributed by atoms with Crippen molar-refractivity contribution in [3.05, 3.63) is 158 Å². The zero-order valence-electron chi connectivity index (χ0n) is 34.7. The highest BCUT2D eigenvalue weighted by Gasteiger charge is 2.21. The minimum Gasteiger partial charge on any atom is -0.456 e. The molecule has 0 bridgehead atoms. The molecule has 61 heavy (non-hydrogen) atoms. The number of nitrogens with zero attached hydrogens (tertiary/aromatic N) is 3. The van der Waals surface area contributed by atoms with E-state index in [1.54, 1.807) is 0 Å². The Morgan fingerprint density at radius 2 is 0.836 bits per heavy atom. The summed E-state index contributed by atoms with van der Waals surface area (Å²) < 4.78 is 12.9. The number of hydrogen-bond donors (Lipinski definition) is 0. The van der Waals surface area contributed by atoms with Crippen LogP contribution in [-0.2, 0) is 0 Å². The lowest BCUT2D eigenvalue weighted by atomic mass is 9.59. The van der Waals surface area contributed by atoms with Crippen molar-refractivity contribution in [2.45, 2.75) is 0 Å². The topological polar surface area (TPSA) is 65.0 Å². The van der Waals surface area contributed by atoms with E-state index in [1.165, 1.54) is 49.6 Å². The Morgan fingerprint density at radius 3 is 1.56 bits per heavy atom. The van der Waals surface area contributed by atoms with E-state index < -0.39 is 0 Å². The Labute approximate surface area is 358 Å². The highest BCUT2D eigenvalue weighted by atomic mass is 16.3. The maximum absolute atomic E-state index is 6.49.